The number of methoxy groups -OCH3 is 1. The highest BCUT2D eigenvalue weighted by Crippen LogP contribution is 2.27. The fraction of sp³-hybridized carbons (Fsp3) is 0.417. The van der Waals surface area contributed by atoms with Gasteiger partial charge in [0.15, 0.2) is 5.75 Å². The number of nitro groups is 1. The van der Waals surface area contributed by atoms with Crippen LogP contribution in [0.25, 0.3) is 0 Å². The van der Waals surface area contributed by atoms with Crippen molar-refractivity contribution in [3.05, 3.63) is 33.9 Å². The molecule has 20 heavy (non-hydrogen) atoms. The zero-order valence-electron chi connectivity index (χ0n) is 11.3. The number of benzene rings is 1. The normalized spacial score (nSPS) is 11.2. The molecule has 0 saturated heterocycles. The first-order valence-corrected chi connectivity index (χ1v) is 5.82. The van der Waals surface area contributed by atoms with Gasteiger partial charge in [-0.1, -0.05) is 0 Å². The standard InChI is InChI=1S/C12H17N3O4.ClH/c1-8(13)5-6-14-12(16)9-3-4-10(15(17)18)11(7-9)19-2;/h3-4,7-8H,5-6,13H2,1-2H3,(H,14,16);1H. The Balaban J connectivity index is 0.00000361. The molecule has 1 aromatic carbocycles. The molecule has 0 bridgehead atoms. The lowest BCUT2D eigenvalue weighted by atomic mass is 10.1. The third-order valence-corrected chi connectivity index (χ3v) is 2.52. The van der Waals surface area contributed by atoms with Crippen LogP contribution in [0.5, 0.6) is 5.75 Å². The monoisotopic (exact) mass is 303 g/mol. The summed E-state index contributed by atoms with van der Waals surface area (Å²) >= 11 is 0. The fourth-order valence-corrected chi connectivity index (χ4v) is 1.49. The Kier molecular flexibility index (Phi) is 7.56. The van der Waals surface area contributed by atoms with Gasteiger partial charge in [0.1, 0.15) is 0 Å². The lowest BCUT2D eigenvalue weighted by molar-refractivity contribution is -0.385. The number of rotatable bonds is 6. The molecule has 0 fully saturated rings. The van der Waals surface area contributed by atoms with E-state index in [1.807, 2.05) is 6.92 Å². The Bertz CT molecular complexity index is 480. The molecule has 0 aliphatic rings. The quantitative estimate of drug-likeness (QED) is 0.611. The van der Waals surface area contributed by atoms with Crippen LogP contribution in [-0.4, -0.2) is 30.5 Å². The topological polar surface area (TPSA) is 107 Å². The van der Waals surface area contributed by atoms with Crippen molar-refractivity contribution in [3.8, 4) is 5.75 Å². The number of nitrogens with two attached hydrogens (primary N) is 1. The molecule has 112 valence electrons. The van der Waals surface area contributed by atoms with Crippen molar-refractivity contribution in [1.82, 2.24) is 5.32 Å². The Morgan fingerprint density at radius 1 is 1.55 bits per heavy atom. The van der Waals surface area contributed by atoms with Crippen molar-refractivity contribution >= 4 is 24.0 Å². The molecule has 1 unspecified atom stereocenters. The SMILES string of the molecule is COc1cc(C(=O)NCCC(C)N)ccc1[N+](=O)[O-].Cl. The van der Waals surface area contributed by atoms with Gasteiger partial charge in [0.05, 0.1) is 12.0 Å². The summed E-state index contributed by atoms with van der Waals surface area (Å²) in [6.07, 6.45) is 0.663. The first-order valence-electron chi connectivity index (χ1n) is 5.82. The number of nitrogens with zero attached hydrogens (tertiary/aromatic N) is 1. The maximum absolute atomic E-state index is 11.8. The van der Waals surface area contributed by atoms with Gasteiger partial charge in [-0.05, 0) is 19.4 Å². The van der Waals surface area contributed by atoms with Crippen LogP contribution in [0, 0.1) is 10.1 Å². The van der Waals surface area contributed by atoms with Gasteiger partial charge in [0.25, 0.3) is 5.91 Å². The summed E-state index contributed by atoms with van der Waals surface area (Å²) < 4.78 is 4.90. The van der Waals surface area contributed by atoms with E-state index in [0.29, 0.717) is 18.5 Å². The van der Waals surface area contributed by atoms with E-state index in [0.717, 1.165) is 0 Å². The van der Waals surface area contributed by atoms with Gasteiger partial charge >= 0.3 is 5.69 Å². The molecule has 0 aliphatic heterocycles. The Labute approximate surface area is 123 Å². The second-order valence-corrected chi connectivity index (χ2v) is 4.17. The first-order chi connectivity index (χ1) is 8.95. The van der Waals surface area contributed by atoms with Crippen LogP contribution in [0.3, 0.4) is 0 Å². The molecular weight excluding hydrogens is 286 g/mol. The maximum atomic E-state index is 11.8. The van der Waals surface area contributed by atoms with Crippen molar-refractivity contribution in [2.75, 3.05) is 13.7 Å². The van der Waals surface area contributed by atoms with Gasteiger partial charge in [-0.25, -0.2) is 0 Å². The third kappa shape index (κ3) is 5.02. The van der Waals surface area contributed by atoms with Crippen molar-refractivity contribution in [1.29, 1.82) is 0 Å². The Hall–Kier alpha value is -1.86. The maximum Gasteiger partial charge on any atom is 0.310 e. The first kappa shape index (κ1) is 18.1. The molecule has 1 aromatic rings. The molecule has 0 aromatic heterocycles. The number of nitro benzene ring substituents is 1. The van der Waals surface area contributed by atoms with E-state index < -0.39 is 4.92 Å². The van der Waals surface area contributed by atoms with E-state index in [1.165, 1.54) is 25.3 Å². The zero-order valence-corrected chi connectivity index (χ0v) is 12.1. The third-order valence-electron chi connectivity index (χ3n) is 2.52. The lowest BCUT2D eigenvalue weighted by Crippen LogP contribution is -2.28. The minimum atomic E-state index is -0.559. The second-order valence-electron chi connectivity index (χ2n) is 4.17. The molecular formula is C12H18ClN3O4. The minimum absolute atomic E-state index is 0. The van der Waals surface area contributed by atoms with Gasteiger partial charge in [-0.3, -0.25) is 14.9 Å². The number of halogens is 1. The fourth-order valence-electron chi connectivity index (χ4n) is 1.49. The molecule has 7 nitrogen and oxygen atoms in total. The van der Waals surface area contributed by atoms with E-state index in [1.54, 1.807) is 0 Å². The molecule has 0 saturated carbocycles. The summed E-state index contributed by atoms with van der Waals surface area (Å²) in [4.78, 5) is 22.0. The number of nitrogens with one attached hydrogen (secondary N) is 1. The predicted octanol–water partition coefficient (Wildman–Crippen LogP) is 1.49. The van der Waals surface area contributed by atoms with Crippen molar-refractivity contribution in [2.45, 2.75) is 19.4 Å². The molecule has 8 heteroatoms. The molecule has 0 radical (unpaired) electrons. The van der Waals surface area contributed by atoms with E-state index in [4.69, 9.17) is 10.5 Å². The molecule has 0 aliphatic carbocycles. The average Bonchev–Trinajstić information content (AvgIpc) is 2.37. The van der Waals surface area contributed by atoms with Crippen LogP contribution >= 0.6 is 12.4 Å². The zero-order chi connectivity index (χ0) is 14.4. The Morgan fingerprint density at radius 3 is 2.70 bits per heavy atom. The van der Waals surface area contributed by atoms with Crippen LogP contribution in [0.15, 0.2) is 18.2 Å². The second kappa shape index (κ2) is 8.34. The molecule has 0 heterocycles. The van der Waals surface area contributed by atoms with Gasteiger partial charge in [-0.2, -0.15) is 0 Å². The lowest BCUT2D eigenvalue weighted by Gasteiger charge is -2.08. The molecule has 0 spiro atoms. The number of carbonyl (C=O) groups excluding carboxylic acids is 1. The largest absolute Gasteiger partial charge is 0.490 e. The smallest absolute Gasteiger partial charge is 0.310 e. The van der Waals surface area contributed by atoms with Gasteiger partial charge in [0, 0.05) is 30.3 Å². The minimum Gasteiger partial charge on any atom is -0.490 e. The van der Waals surface area contributed by atoms with Crippen LogP contribution < -0.4 is 15.8 Å². The summed E-state index contributed by atoms with van der Waals surface area (Å²) in [5, 5.41) is 13.4. The Morgan fingerprint density at radius 2 is 2.20 bits per heavy atom. The van der Waals surface area contributed by atoms with E-state index in [2.05, 4.69) is 5.32 Å². The van der Waals surface area contributed by atoms with Crippen molar-refractivity contribution < 1.29 is 14.5 Å². The summed E-state index contributed by atoms with van der Waals surface area (Å²) in [7, 11) is 1.32. The molecule has 1 amide bonds. The number of amides is 1. The summed E-state index contributed by atoms with van der Waals surface area (Å²) in [5.74, 6) is -0.251. The number of hydrogen-bond donors (Lipinski definition) is 2. The highest BCUT2D eigenvalue weighted by atomic mass is 35.5. The molecule has 1 atom stereocenters. The van der Waals surface area contributed by atoms with Gasteiger partial charge < -0.3 is 15.8 Å². The predicted molar refractivity (Wildman–Crippen MR) is 77.5 cm³/mol. The van der Waals surface area contributed by atoms with Crippen LogP contribution in [0.1, 0.15) is 23.7 Å². The number of ether oxygens (including phenoxy) is 1. The number of carbonyl (C=O) groups is 1. The van der Waals surface area contributed by atoms with Gasteiger partial charge in [-0.15, -0.1) is 12.4 Å². The molecule has 1 rings (SSSR count). The van der Waals surface area contributed by atoms with E-state index in [-0.39, 0.29) is 35.8 Å². The summed E-state index contributed by atoms with van der Waals surface area (Å²) in [5.41, 5.74) is 5.71. The summed E-state index contributed by atoms with van der Waals surface area (Å²) in [6, 6.07) is 3.99. The highest BCUT2D eigenvalue weighted by Gasteiger charge is 2.17. The van der Waals surface area contributed by atoms with Crippen LogP contribution in [-0.2, 0) is 0 Å². The van der Waals surface area contributed by atoms with Crippen LogP contribution in [0.4, 0.5) is 5.69 Å². The molecule has 3 N–H and O–H groups in total. The van der Waals surface area contributed by atoms with Crippen molar-refractivity contribution in [2.24, 2.45) is 5.73 Å². The van der Waals surface area contributed by atoms with Gasteiger partial charge in [0.2, 0.25) is 0 Å². The number of hydrogen-bond acceptors (Lipinski definition) is 5. The summed E-state index contributed by atoms with van der Waals surface area (Å²) in [6.45, 7) is 2.30. The van der Waals surface area contributed by atoms with Crippen molar-refractivity contribution in [3.63, 3.8) is 0 Å². The van der Waals surface area contributed by atoms with E-state index >= 15 is 0 Å². The average molecular weight is 304 g/mol. The highest BCUT2D eigenvalue weighted by molar-refractivity contribution is 5.95. The van der Waals surface area contributed by atoms with E-state index in [9.17, 15) is 14.9 Å². The van der Waals surface area contributed by atoms with Crippen LogP contribution in [0.2, 0.25) is 0 Å².